The number of hydrogen-bond donors (Lipinski definition) is 2. The molecule has 3 rings (SSSR count). The van der Waals surface area contributed by atoms with Crippen molar-refractivity contribution in [1.82, 2.24) is 10.2 Å². The SMILES string of the molecule is CC(C)CCOC(=O)CC1C(=O)NCCN1C(=O)Cc1ccccc1Nc1c(Cl)cccc1Cl. The first-order valence-corrected chi connectivity index (χ1v) is 12.0. The highest BCUT2D eigenvalue weighted by atomic mass is 35.5. The summed E-state index contributed by atoms with van der Waals surface area (Å²) in [6.07, 6.45) is 0.604. The zero-order valence-electron chi connectivity index (χ0n) is 19.3. The molecule has 0 radical (unpaired) electrons. The molecule has 1 aliphatic rings. The zero-order chi connectivity index (χ0) is 24.7. The number of para-hydroxylation sites is 2. The standard InChI is InChI=1S/C25H29Cl2N3O4/c1-16(2)10-13-34-23(32)15-21-25(33)28-11-12-30(21)22(31)14-17-6-3-4-9-20(17)29-24-18(26)7-5-8-19(24)27/h3-9,16,21,29H,10-15H2,1-2H3,(H,28,33). The Kier molecular flexibility index (Phi) is 9.19. The van der Waals surface area contributed by atoms with Crippen LogP contribution in [0.4, 0.5) is 11.4 Å². The van der Waals surface area contributed by atoms with Gasteiger partial charge in [0, 0.05) is 18.8 Å². The highest BCUT2D eigenvalue weighted by molar-refractivity contribution is 6.39. The summed E-state index contributed by atoms with van der Waals surface area (Å²) in [6, 6.07) is 11.6. The monoisotopic (exact) mass is 505 g/mol. The van der Waals surface area contributed by atoms with Crippen LogP contribution in [0.3, 0.4) is 0 Å². The third kappa shape index (κ3) is 6.87. The molecule has 1 saturated heterocycles. The number of benzene rings is 2. The van der Waals surface area contributed by atoms with Crippen molar-refractivity contribution >= 4 is 52.4 Å². The molecular weight excluding hydrogens is 477 g/mol. The molecule has 2 amide bonds. The van der Waals surface area contributed by atoms with Crippen molar-refractivity contribution in [3.8, 4) is 0 Å². The van der Waals surface area contributed by atoms with E-state index in [-0.39, 0.29) is 24.7 Å². The van der Waals surface area contributed by atoms with Crippen molar-refractivity contribution in [3.63, 3.8) is 0 Å². The molecule has 182 valence electrons. The van der Waals surface area contributed by atoms with Crippen molar-refractivity contribution in [2.45, 2.75) is 39.2 Å². The molecule has 0 bridgehead atoms. The Bertz CT molecular complexity index is 1020. The molecule has 0 saturated carbocycles. The predicted octanol–water partition coefficient (Wildman–Crippen LogP) is 4.59. The number of halogens is 2. The van der Waals surface area contributed by atoms with E-state index in [0.29, 0.717) is 52.6 Å². The molecule has 1 unspecified atom stereocenters. The van der Waals surface area contributed by atoms with Gasteiger partial charge in [-0.25, -0.2) is 0 Å². The molecule has 1 atom stereocenters. The molecule has 1 aliphatic heterocycles. The molecule has 34 heavy (non-hydrogen) atoms. The second-order valence-electron chi connectivity index (χ2n) is 8.56. The van der Waals surface area contributed by atoms with Crippen molar-refractivity contribution in [1.29, 1.82) is 0 Å². The van der Waals surface area contributed by atoms with Crippen LogP contribution in [-0.2, 0) is 25.5 Å². The summed E-state index contributed by atoms with van der Waals surface area (Å²) >= 11 is 12.6. The Morgan fingerprint density at radius 1 is 1.15 bits per heavy atom. The van der Waals surface area contributed by atoms with Gasteiger partial charge >= 0.3 is 5.97 Å². The molecule has 9 heteroatoms. The van der Waals surface area contributed by atoms with Crippen LogP contribution < -0.4 is 10.6 Å². The fourth-order valence-electron chi connectivity index (χ4n) is 3.65. The van der Waals surface area contributed by atoms with Crippen LogP contribution in [-0.4, -0.2) is 48.4 Å². The Morgan fingerprint density at radius 3 is 2.56 bits per heavy atom. The molecule has 0 aromatic heterocycles. The van der Waals surface area contributed by atoms with Crippen molar-refractivity contribution in [2.24, 2.45) is 5.92 Å². The maximum absolute atomic E-state index is 13.3. The average molecular weight is 506 g/mol. The van der Waals surface area contributed by atoms with Crippen LogP contribution in [0.25, 0.3) is 0 Å². The number of hydrogen-bond acceptors (Lipinski definition) is 5. The summed E-state index contributed by atoms with van der Waals surface area (Å²) < 4.78 is 5.27. The van der Waals surface area contributed by atoms with Crippen molar-refractivity contribution < 1.29 is 19.1 Å². The molecule has 1 fully saturated rings. The zero-order valence-corrected chi connectivity index (χ0v) is 20.8. The van der Waals surface area contributed by atoms with Gasteiger partial charge in [-0.15, -0.1) is 0 Å². The van der Waals surface area contributed by atoms with E-state index in [9.17, 15) is 14.4 Å². The van der Waals surface area contributed by atoms with E-state index >= 15 is 0 Å². The third-order valence-corrected chi connectivity index (χ3v) is 6.18. The number of carbonyl (C=O) groups is 3. The van der Waals surface area contributed by atoms with Crippen LogP contribution in [0.2, 0.25) is 10.0 Å². The van der Waals surface area contributed by atoms with Crippen molar-refractivity contribution in [3.05, 3.63) is 58.1 Å². The number of piperazine rings is 1. The average Bonchev–Trinajstić information content (AvgIpc) is 2.78. The minimum atomic E-state index is -0.897. The van der Waals surface area contributed by atoms with E-state index in [1.165, 1.54) is 4.90 Å². The molecule has 2 aromatic carbocycles. The van der Waals surface area contributed by atoms with E-state index in [4.69, 9.17) is 27.9 Å². The summed E-state index contributed by atoms with van der Waals surface area (Å²) in [5, 5.41) is 6.86. The van der Waals surface area contributed by atoms with E-state index < -0.39 is 12.0 Å². The lowest BCUT2D eigenvalue weighted by Crippen LogP contribution is -2.58. The summed E-state index contributed by atoms with van der Waals surface area (Å²) in [4.78, 5) is 39.5. The molecule has 2 N–H and O–H groups in total. The summed E-state index contributed by atoms with van der Waals surface area (Å²) in [5.41, 5.74) is 1.94. The Balaban J connectivity index is 1.72. The first-order valence-electron chi connectivity index (χ1n) is 11.3. The number of nitrogens with zero attached hydrogens (tertiary/aromatic N) is 1. The second-order valence-corrected chi connectivity index (χ2v) is 9.37. The third-order valence-electron chi connectivity index (χ3n) is 5.55. The van der Waals surface area contributed by atoms with Gasteiger partial charge in [-0.05, 0) is 36.1 Å². The molecular formula is C25H29Cl2N3O4. The number of carbonyl (C=O) groups excluding carboxylic acids is 3. The van der Waals surface area contributed by atoms with E-state index in [2.05, 4.69) is 10.6 Å². The van der Waals surface area contributed by atoms with Crippen LogP contribution >= 0.6 is 23.2 Å². The van der Waals surface area contributed by atoms with Gasteiger partial charge in [-0.3, -0.25) is 14.4 Å². The molecule has 0 spiro atoms. The normalized spacial score (nSPS) is 15.7. The first kappa shape index (κ1) is 25.8. The Morgan fingerprint density at radius 2 is 1.85 bits per heavy atom. The smallest absolute Gasteiger partial charge is 0.308 e. The number of rotatable bonds is 9. The van der Waals surface area contributed by atoms with Crippen LogP contribution in [0, 0.1) is 5.92 Å². The highest BCUT2D eigenvalue weighted by Crippen LogP contribution is 2.33. The summed E-state index contributed by atoms with van der Waals surface area (Å²) in [5.74, 6) is -0.696. The molecule has 7 nitrogen and oxygen atoms in total. The second kappa shape index (κ2) is 12.1. The van der Waals surface area contributed by atoms with Gasteiger partial charge in [0.1, 0.15) is 6.04 Å². The van der Waals surface area contributed by atoms with Crippen LogP contribution in [0.5, 0.6) is 0 Å². The Labute approximate surface area is 209 Å². The van der Waals surface area contributed by atoms with Gasteiger partial charge in [0.25, 0.3) is 0 Å². The van der Waals surface area contributed by atoms with E-state index in [1.807, 2.05) is 38.1 Å². The van der Waals surface area contributed by atoms with Crippen LogP contribution in [0.1, 0.15) is 32.3 Å². The van der Waals surface area contributed by atoms with E-state index in [1.54, 1.807) is 18.2 Å². The number of nitrogens with one attached hydrogen (secondary N) is 2. The predicted molar refractivity (Wildman–Crippen MR) is 133 cm³/mol. The lowest BCUT2D eigenvalue weighted by atomic mass is 10.0. The highest BCUT2D eigenvalue weighted by Gasteiger charge is 2.35. The lowest BCUT2D eigenvalue weighted by Gasteiger charge is -2.34. The van der Waals surface area contributed by atoms with Gasteiger partial charge in [0.15, 0.2) is 0 Å². The number of amides is 2. The molecule has 1 heterocycles. The largest absolute Gasteiger partial charge is 0.466 e. The van der Waals surface area contributed by atoms with Gasteiger partial charge in [-0.1, -0.05) is 61.3 Å². The number of esters is 1. The van der Waals surface area contributed by atoms with E-state index in [0.717, 1.165) is 6.42 Å². The van der Waals surface area contributed by atoms with Crippen LogP contribution in [0.15, 0.2) is 42.5 Å². The van der Waals surface area contributed by atoms with Crippen molar-refractivity contribution in [2.75, 3.05) is 25.0 Å². The molecule has 2 aromatic rings. The number of anilines is 2. The summed E-state index contributed by atoms with van der Waals surface area (Å²) in [7, 11) is 0. The van der Waals surface area contributed by atoms with Gasteiger partial charge in [0.2, 0.25) is 11.8 Å². The fraction of sp³-hybridized carbons (Fsp3) is 0.400. The number of ether oxygens (including phenoxy) is 1. The van der Waals surface area contributed by atoms with Gasteiger partial charge in [0.05, 0.1) is 35.2 Å². The Hall–Kier alpha value is -2.77. The molecule has 0 aliphatic carbocycles. The quantitative estimate of drug-likeness (QED) is 0.486. The van der Waals surface area contributed by atoms with Gasteiger partial charge in [-0.2, -0.15) is 0 Å². The summed E-state index contributed by atoms with van der Waals surface area (Å²) in [6.45, 7) is 5.02. The maximum atomic E-state index is 13.3. The fourth-order valence-corrected chi connectivity index (χ4v) is 4.15. The topological polar surface area (TPSA) is 87.7 Å². The lowest BCUT2D eigenvalue weighted by molar-refractivity contribution is -0.151. The van der Waals surface area contributed by atoms with Gasteiger partial charge < -0.3 is 20.3 Å². The minimum Gasteiger partial charge on any atom is -0.466 e. The maximum Gasteiger partial charge on any atom is 0.308 e. The minimum absolute atomic E-state index is 0.0391. The first-order chi connectivity index (χ1) is 16.3.